The Kier molecular flexibility index (Phi) is 5.22. The van der Waals surface area contributed by atoms with Crippen molar-refractivity contribution in [2.45, 2.75) is 62.4 Å². The number of carbonyl (C=O) groups excluding carboxylic acids is 1. The minimum absolute atomic E-state index is 0.240. The number of thioether (sulfide) groups is 1. The first-order valence-corrected chi connectivity index (χ1v) is 8.37. The van der Waals surface area contributed by atoms with Gasteiger partial charge in [0.25, 0.3) is 0 Å². The molecule has 1 aliphatic rings. The molecule has 0 aliphatic heterocycles. The number of hydrogen-bond donors (Lipinski definition) is 2. The van der Waals surface area contributed by atoms with E-state index < -0.39 is 5.54 Å². The number of rotatable bonds is 5. The van der Waals surface area contributed by atoms with E-state index in [0.29, 0.717) is 5.25 Å². The fourth-order valence-electron chi connectivity index (χ4n) is 3.03. The minimum Gasteiger partial charge on any atom is -0.368 e. The number of nitrogens with zero attached hydrogens (tertiary/aromatic N) is 2. The predicted molar refractivity (Wildman–Crippen MR) is 85.2 cm³/mol. The molecule has 2 rings (SSSR count). The SMILES string of the molecule is CCNC1(C(N)=O)CCCC(Sc2nc(C)cc(C)n2)C1. The molecule has 1 aromatic rings. The van der Waals surface area contributed by atoms with Gasteiger partial charge in [0, 0.05) is 16.6 Å². The van der Waals surface area contributed by atoms with Crippen LogP contribution in [0, 0.1) is 13.8 Å². The molecule has 1 aliphatic carbocycles. The zero-order valence-corrected chi connectivity index (χ0v) is 13.8. The number of amides is 1. The van der Waals surface area contributed by atoms with Gasteiger partial charge in [0.05, 0.1) is 5.54 Å². The standard InChI is InChI=1S/C15H24N4OS/c1-4-17-15(13(16)20)7-5-6-12(9-15)21-14-18-10(2)8-11(3)19-14/h8,12,17H,4-7,9H2,1-3H3,(H2,16,20). The van der Waals surface area contributed by atoms with Crippen molar-refractivity contribution in [3.05, 3.63) is 17.5 Å². The second kappa shape index (κ2) is 6.75. The molecular weight excluding hydrogens is 284 g/mol. The zero-order chi connectivity index (χ0) is 15.5. The summed E-state index contributed by atoms with van der Waals surface area (Å²) in [7, 11) is 0. The molecule has 1 saturated carbocycles. The van der Waals surface area contributed by atoms with Crippen LogP contribution in [0.3, 0.4) is 0 Å². The maximum Gasteiger partial charge on any atom is 0.237 e. The van der Waals surface area contributed by atoms with Crippen molar-refractivity contribution in [3.8, 4) is 0 Å². The van der Waals surface area contributed by atoms with Gasteiger partial charge in [0.1, 0.15) is 0 Å². The molecule has 0 bridgehead atoms. The van der Waals surface area contributed by atoms with Gasteiger partial charge in [-0.1, -0.05) is 18.7 Å². The van der Waals surface area contributed by atoms with Crippen molar-refractivity contribution in [2.75, 3.05) is 6.54 Å². The lowest BCUT2D eigenvalue weighted by molar-refractivity contribution is -0.125. The van der Waals surface area contributed by atoms with E-state index in [1.807, 2.05) is 26.8 Å². The first-order valence-electron chi connectivity index (χ1n) is 7.49. The second-order valence-electron chi connectivity index (χ2n) is 5.75. The summed E-state index contributed by atoms with van der Waals surface area (Å²) in [4.78, 5) is 20.9. The molecule has 0 aromatic carbocycles. The molecule has 21 heavy (non-hydrogen) atoms. The molecule has 6 heteroatoms. The molecule has 1 fully saturated rings. The quantitative estimate of drug-likeness (QED) is 0.813. The zero-order valence-electron chi connectivity index (χ0n) is 13.0. The van der Waals surface area contributed by atoms with Crippen LogP contribution in [0.25, 0.3) is 0 Å². The minimum atomic E-state index is -0.566. The van der Waals surface area contributed by atoms with Crippen LogP contribution in [0.4, 0.5) is 0 Å². The summed E-state index contributed by atoms with van der Waals surface area (Å²) in [5.74, 6) is -0.240. The van der Waals surface area contributed by atoms with Crippen LogP contribution >= 0.6 is 11.8 Å². The lowest BCUT2D eigenvalue weighted by Gasteiger charge is -2.38. The van der Waals surface area contributed by atoms with Crippen LogP contribution in [0.2, 0.25) is 0 Å². The lowest BCUT2D eigenvalue weighted by Crippen LogP contribution is -2.58. The van der Waals surface area contributed by atoms with Crippen molar-refractivity contribution in [1.82, 2.24) is 15.3 Å². The molecule has 0 saturated heterocycles. The van der Waals surface area contributed by atoms with Crippen molar-refractivity contribution in [1.29, 1.82) is 0 Å². The Bertz CT molecular complexity index is 498. The normalized spacial score (nSPS) is 25.8. The van der Waals surface area contributed by atoms with E-state index in [9.17, 15) is 4.79 Å². The van der Waals surface area contributed by atoms with Crippen LogP contribution in [-0.4, -0.2) is 33.2 Å². The highest BCUT2D eigenvalue weighted by molar-refractivity contribution is 7.99. The molecule has 1 amide bonds. The number of aryl methyl sites for hydroxylation is 2. The second-order valence-corrected chi connectivity index (χ2v) is 7.01. The first-order chi connectivity index (χ1) is 9.95. The number of hydrogen-bond acceptors (Lipinski definition) is 5. The van der Waals surface area contributed by atoms with E-state index in [1.165, 1.54) is 0 Å². The van der Waals surface area contributed by atoms with Gasteiger partial charge in [-0.2, -0.15) is 0 Å². The summed E-state index contributed by atoms with van der Waals surface area (Å²) in [6, 6.07) is 1.97. The molecular formula is C15H24N4OS. The van der Waals surface area contributed by atoms with E-state index >= 15 is 0 Å². The Hall–Kier alpha value is -1.14. The number of primary amides is 1. The van der Waals surface area contributed by atoms with Gasteiger partial charge in [-0.05, 0) is 52.1 Å². The highest BCUT2D eigenvalue weighted by Gasteiger charge is 2.41. The summed E-state index contributed by atoms with van der Waals surface area (Å²) in [5.41, 5.74) is 7.04. The molecule has 3 N–H and O–H groups in total. The monoisotopic (exact) mass is 308 g/mol. The Balaban J connectivity index is 2.11. The number of aromatic nitrogens is 2. The molecule has 5 nitrogen and oxygen atoms in total. The third-order valence-corrected chi connectivity index (χ3v) is 5.06. The van der Waals surface area contributed by atoms with Crippen molar-refractivity contribution in [2.24, 2.45) is 5.73 Å². The van der Waals surface area contributed by atoms with E-state index in [2.05, 4.69) is 15.3 Å². The van der Waals surface area contributed by atoms with Gasteiger partial charge in [-0.25, -0.2) is 9.97 Å². The Morgan fingerprint density at radius 1 is 1.48 bits per heavy atom. The van der Waals surface area contributed by atoms with Crippen LogP contribution in [0.15, 0.2) is 11.2 Å². The average Bonchev–Trinajstić information content (AvgIpc) is 2.37. The van der Waals surface area contributed by atoms with E-state index in [-0.39, 0.29) is 5.91 Å². The third kappa shape index (κ3) is 3.95. The number of likely N-dealkylation sites (N-methyl/N-ethyl adjacent to an activating group) is 1. The molecule has 1 aromatic heterocycles. The first kappa shape index (κ1) is 16.2. The van der Waals surface area contributed by atoms with Crippen LogP contribution in [0.5, 0.6) is 0 Å². The topological polar surface area (TPSA) is 80.9 Å². The summed E-state index contributed by atoms with van der Waals surface area (Å²) in [5, 5.41) is 4.43. The Labute approximate surface area is 130 Å². The molecule has 116 valence electrons. The van der Waals surface area contributed by atoms with E-state index in [4.69, 9.17) is 5.73 Å². The molecule has 0 spiro atoms. The Morgan fingerprint density at radius 2 is 2.14 bits per heavy atom. The Morgan fingerprint density at radius 3 is 2.71 bits per heavy atom. The molecule has 2 unspecified atom stereocenters. The van der Waals surface area contributed by atoms with Gasteiger partial charge in [0.2, 0.25) is 5.91 Å². The van der Waals surface area contributed by atoms with Gasteiger partial charge >= 0.3 is 0 Å². The summed E-state index contributed by atoms with van der Waals surface area (Å²) in [6.07, 6.45) is 3.64. The lowest BCUT2D eigenvalue weighted by atomic mass is 9.80. The molecule has 2 atom stereocenters. The largest absolute Gasteiger partial charge is 0.368 e. The number of nitrogens with two attached hydrogens (primary N) is 1. The van der Waals surface area contributed by atoms with Gasteiger partial charge in [-0.15, -0.1) is 0 Å². The van der Waals surface area contributed by atoms with Crippen LogP contribution in [0.1, 0.15) is 44.0 Å². The van der Waals surface area contributed by atoms with Gasteiger partial charge in [-0.3, -0.25) is 4.79 Å². The molecule has 1 heterocycles. The van der Waals surface area contributed by atoms with Crippen molar-refractivity contribution >= 4 is 17.7 Å². The van der Waals surface area contributed by atoms with Crippen LogP contribution < -0.4 is 11.1 Å². The van der Waals surface area contributed by atoms with E-state index in [0.717, 1.165) is 48.8 Å². The maximum absolute atomic E-state index is 11.9. The average molecular weight is 308 g/mol. The number of carbonyl (C=O) groups is 1. The highest BCUT2D eigenvalue weighted by Crippen LogP contribution is 2.37. The summed E-state index contributed by atoms with van der Waals surface area (Å²) >= 11 is 1.67. The van der Waals surface area contributed by atoms with Gasteiger partial charge in [0.15, 0.2) is 5.16 Å². The maximum atomic E-state index is 11.9. The van der Waals surface area contributed by atoms with Crippen molar-refractivity contribution in [3.63, 3.8) is 0 Å². The fourth-order valence-corrected chi connectivity index (χ4v) is 4.37. The van der Waals surface area contributed by atoms with Crippen LogP contribution in [-0.2, 0) is 4.79 Å². The molecule has 0 radical (unpaired) electrons. The third-order valence-electron chi connectivity index (χ3n) is 3.93. The van der Waals surface area contributed by atoms with Gasteiger partial charge < -0.3 is 11.1 Å². The summed E-state index contributed by atoms with van der Waals surface area (Å²) in [6.45, 7) is 6.72. The van der Waals surface area contributed by atoms with E-state index in [1.54, 1.807) is 11.8 Å². The predicted octanol–water partition coefficient (Wildman–Crippen LogP) is 1.96. The summed E-state index contributed by atoms with van der Waals surface area (Å²) < 4.78 is 0. The number of nitrogens with one attached hydrogen (secondary N) is 1. The smallest absolute Gasteiger partial charge is 0.237 e. The highest BCUT2D eigenvalue weighted by atomic mass is 32.2. The fraction of sp³-hybridized carbons (Fsp3) is 0.667. The van der Waals surface area contributed by atoms with Crippen molar-refractivity contribution < 1.29 is 4.79 Å².